The lowest BCUT2D eigenvalue weighted by Gasteiger charge is -2.35. The summed E-state index contributed by atoms with van der Waals surface area (Å²) < 4.78 is 36.2. The van der Waals surface area contributed by atoms with Gasteiger partial charge in [-0.25, -0.2) is 8.42 Å². The standard InChI is InChI=1S/C26H28N2O6S/c1-18-15-28(16-19(2)33-18)26(30)21-10-8-20(9-11-21)14-27-25(29)24-13-12-22(34-24)17-35(31,32)23-6-4-3-5-7-23/h3-13,18-19H,14-17H2,1-2H3,(H,27,29). The summed E-state index contributed by atoms with van der Waals surface area (Å²) >= 11 is 0. The summed E-state index contributed by atoms with van der Waals surface area (Å²) in [4.78, 5) is 27.3. The first kappa shape index (κ1) is 24.7. The third-order valence-electron chi connectivity index (χ3n) is 5.68. The Balaban J connectivity index is 1.32. The molecule has 2 atom stereocenters. The molecule has 1 N–H and O–H groups in total. The monoisotopic (exact) mass is 496 g/mol. The van der Waals surface area contributed by atoms with Crippen LogP contribution in [0.5, 0.6) is 0 Å². The first-order valence-electron chi connectivity index (χ1n) is 11.4. The molecule has 1 aliphatic rings. The summed E-state index contributed by atoms with van der Waals surface area (Å²) in [5.74, 6) is -0.610. The predicted molar refractivity (Wildman–Crippen MR) is 130 cm³/mol. The van der Waals surface area contributed by atoms with E-state index in [4.69, 9.17) is 9.15 Å². The van der Waals surface area contributed by atoms with Gasteiger partial charge < -0.3 is 19.4 Å². The maximum Gasteiger partial charge on any atom is 0.287 e. The fraction of sp³-hybridized carbons (Fsp3) is 0.308. The molecule has 0 bridgehead atoms. The van der Waals surface area contributed by atoms with E-state index in [9.17, 15) is 18.0 Å². The Bertz CT molecular complexity index is 1270. The lowest BCUT2D eigenvalue weighted by Crippen LogP contribution is -2.48. The van der Waals surface area contributed by atoms with Gasteiger partial charge in [0, 0.05) is 25.2 Å². The molecule has 2 heterocycles. The zero-order valence-electron chi connectivity index (χ0n) is 19.6. The van der Waals surface area contributed by atoms with Gasteiger partial charge in [0.05, 0.1) is 17.1 Å². The molecule has 9 heteroatoms. The van der Waals surface area contributed by atoms with E-state index < -0.39 is 15.7 Å². The van der Waals surface area contributed by atoms with Crippen molar-refractivity contribution in [2.75, 3.05) is 13.1 Å². The number of hydrogen-bond acceptors (Lipinski definition) is 6. The van der Waals surface area contributed by atoms with Crippen molar-refractivity contribution in [1.29, 1.82) is 0 Å². The number of rotatable bonds is 7. The molecule has 0 radical (unpaired) electrons. The van der Waals surface area contributed by atoms with Crippen LogP contribution in [0, 0.1) is 0 Å². The maximum atomic E-state index is 12.8. The van der Waals surface area contributed by atoms with E-state index in [1.807, 2.05) is 13.8 Å². The molecule has 1 saturated heterocycles. The SMILES string of the molecule is CC1CN(C(=O)c2ccc(CNC(=O)c3ccc(CS(=O)(=O)c4ccccc4)o3)cc2)CC(C)O1. The molecule has 8 nitrogen and oxygen atoms in total. The molecule has 4 rings (SSSR count). The van der Waals surface area contributed by atoms with Crippen LogP contribution in [0.2, 0.25) is 0 Å². The Kier molecular flexibility index (Phi) is 7.37. The van der Waals surface area contributed by atoms with Crippen molar-refractivity contribution in [3.8, 4) is 0 Å². The second-order valence-corrected chi connectivity index (χ2v) is 10.7. The van der Waals surface area contributed by atoms with E-state index in [2.05, 4.69) is 5.32 Å². The van der Waals surface area contributed by atoms with Crippen molar-refractivity contribution in [2.24, 2.45) is 0 Å². The molecule has 2 unspecified atom stereocenters. The molecular weight excluding hydrogens is 468 g/mol. The number of ether oxygens (including phenoxy) is 1. The van der Waals surface area contributed by atoms with Crippen molar-refractivity contribution >= 4 is 21.7 Å². The summed E-state index contributed by atoms with van der Waals surface area (Å²) in [6.45, 7) is 5.24. The van der Waals surface area contributed by atoms with Crippen LogP contribution < -0.4 is 5.32 Å². The predicted octanol–water partition coefficient (Wildman–Crippen LogP) is 3.43. The summed E-state index contributed by atoms with van der Waals surface area (Å²) in [5.41, 5.74) is 1.40. The first-order valence-corrected chi connectivity index (χ1v) is 13.0. The highest BCUT2D eigenvalue weighted by atomic mass is 32.2. The lowest BCUT2D eigenvalue weighted by atomic mass is 10.1. The number of furan rings is 1. The maximum absolute atomic E-state index is 12.8. The van der Waals surface area contributed by atoms with Crippen LogP contribution >= 0.6 is 0 Å². The minimum atomic E-state index is -3.57. The van der Waals surface area contributed by atoms with Gasteiger partial charge in [-0.05, 0) is 55.8 Å². The molecule has 1 aromatic heterocycles. The molecule has 184 valence electrons. The number of hydrogen-bond donors (Lipinski definition) is 1. The number of amides is 2. The Labute approximate surface area is 204 Å². The van der Waals surface area contributed by atoms with Crippen LogP contribution in [0.15, 0.2) is 76.0 Å². The van der Waals surface area contributed by atoms with Gasteiger partial charge in [-0.3, -0.25) is 9.59 Å². The molecule has 0 saturated carbocycles. The van der Waals surface area contributed by atoms with Gasteiger partial charge in [0.2, 0.25) is 0 Å². The zero-order valence-corrected chi connectivity index (χ0v) is 20.5. The molecule has 2 amide bonds. The lowest BCUT2D eigenvalue weighted by molar-refractivity contribution is -0.0586. The number of morpholine rings is 1. The molecule has 3 aromatic rings. The molecular formula is C26H28N2O6S. The number of carbonyl (C=O) groups excluding carboxylic acids is 2. The fourth-order valence-electron chi connectivity index (χ4n) is 4.04. The van der Waals surface area contributed by atoms with E-state index in [0.29, 0.717) is 18.7 Å². The Morgan fingerprint density at radius 1 is 0.943 bits per heavy atom. The molecule has 1 fully saturated rings. The largest absolute Gasteiger partial charge is 0.455 e. The average Bonchev–Trinajstić information content (AvgIpc) is 3.30. The van der Waals surface area contributed by atoms with Crippen molar-refractivity contribution in [3.63, 3.8) is 0 Å². The number of nitrogens with zero attached hydrogens (tertiary/aromatic N) is 1. The Morgan fingerprint density at radius 2 is 1.60 bits per heavy atom. The Morgan fingerprint density at radius 3 is 2.26 bits per heavy atom. The number of nitrogens with one attached hydrogen (secondary N) is 1. The van der Waals surface area contributed by atoms with Crippen LogP contribution in [0.3, 0.4) is 0 Å². The summed E-state index contributed by atoms with van der Waals surface area (Å²) in [7, 11) is -3.57. The summed E-state index contributed by atoms with van der Waals surface area (Å²) in [6, 6.07) is 18.1. The first-order chi connectivity index (χ1) is 16.7. The van der Waals surface area contributed by atoms with Gasteiger partial charge >= 0.3 is 0 Å². The minimum Gasteiger partial charge on any atom is -0.455 e. The third-order valence-corrected chi connectivity index (χ3v) is 7.34. The van der Waals surface area contributed by atoms with Crippen molar-refractivity contribution < 1.29 is 27.2 Å². The van der Waals surface area contributed by atoms with Crippen molar-refractivity contribution in [2.45, 2.75) is 43.2 Å². The third kappa shape index (κ3) is 6.17. The van der Waals surface area contributed by atoms with Crippen molar-refractivity contribution in [3.05, 3.63) is 89.4 Å². The molecule has 2 aromatic carbocycles. The second kappa shape index (κ2) is 10.5. The van der Waals surface area contributed by atoms with Crippen LogP contribution in [-0.2, 0) is 26.9 Å². The van der Waals surface area contributed by atoms with Crippen LogP contribution in [0.4, 0.5) is 0 Å². The van der Waals surface area contributed by atoms with E-state index >= 15 is 0 Å². The van der Waals surface area contributed by atoms with Gasteiger partial charge in [-0.2, -0.15) is 0 Å². The summed E-state index contributed by atoms with van der Waals surface area (Å²) in [6.07, 6.45) is -0.00417. The fourth-order valence-corrected chi connectivity index (χ4v) is 5.31. The van der Waals surface area contributed by atoms with Crippen LogP contribution in [0.1, 0.15) is 46.1 Å². The quantitative estimate of drug-likeness (QED) is 0.537. The van der Waals surface area contributed by atoms with Crippen LogP contribution in [-0.4, -0.2) is 50.4 Å². The summed E-state index contributed by atoms with van der Waals surface area (Å²) in [5, 5.41) is 2.75. The van der Waals surface area contributed by atoms with E-state index in [1.54, 1.807) is 47.4 Å². The normalized spacial score (nSPS) is 18.3. The van der Waals surface area contributed by atoms with Gasteiger partial charge in [0.1, 0.15) is 11.5 Å². The minimum absolute atomic E-state index is 0.00208. The second-order valence-electron chi connectivity index (χ2n) is 8.69. The van der Waals surface area contributed by atoms with E-state index in [-0.39, 0.29) is 46.8 Å². The Hall–Kier alpha value is -3.43. The van der Waals surface area contributed by atoms with Gasteiger partial charge in [-0.1, -0.05) is 30.3 Å². The molecule has 1 aliphatic heterocycles. The smallest absolute Gasteiger partial charge is 0.287 e. The number of sulfone groups is 1. The highest BCUT2D eigenvalue weighted by Gasteiger charge is 2.26. The van der Waals surface area contributed by atoms with Gasteiger partial charge in [-0.15, -0.1) is 0 Å². The van der Waals surface area contributed by atoms with E-state index in [0.717, 1.165) is 5.56 Å². The number of benzene rings is 2. The van der Waals surface area contributed by atoms with Gasteiger partial charge in [0.15, 0.2) is 15.6 Å². The molecule has 35 heavy (non-hydrogen) atoms. The van der Waals surface area contributed by atoms with E-state index in [1.165, 1.54) is 24.3 Å². The molecule has 0 spiro atoms. The number of carbonyl (C=O) groups is 2. The van der Waals surface area contributed by atoms with Crippen LogP contribution in [0.25, 0.3) is 0 Å². The van der Waals surface area contributed by atoms with Crippen molar-refractivity contribution in [1.82, 2.24) is 10.2 Å². The zero-order chi connectivity index (χ0) is 25.0. The topological polar surface area (TPSA) is 106 Å². The van der Waals surface area contributed by atoms with Gasteiger partial charge in [0.25, 0.3) is 11.8 Å². The average molecular weight is 497 g/mol. The molecule has 0 aliphatic carbocycles. The highest BCUT2D eigenvalue weighted by Crippen LogP contribution is 2.19. The highest BCUT2D eigenvalue weighted by molar-refractivity contribution is 7.90.